The molecule has 0 aromatic heterocycles. The third kappa shape index (κ3) is 3.04. The van der Waals surface area contributed by atoms with Gasteiger partial charge in [-0.2, -0.15) is 0 Å². The number of nitrogens with two attached hydrogens (primary N) is 2. The lowest BCUT2D eigenvalue weighted by molar-refractivity contribution is 0.149. The highest BCUT2D eigenvalue weighted by Crippen LogP contribution is 2.19. The van der Waals surface area contributed by atoms with Crippen LogP contribution in [-0.2, 0) is 11.3 Å². The first-order valence-electron chi connectivity index (χ1n) is 4.72. The largest absolute Gasteiger partial charge is 0.445 e. The van der Waals surface area contributed by atoms with E-state index in [0.29, 0.717) is 0 Å². The van der Waals surface area contributed by atoms with Crippen molar-refractivity contribution in [3.8, 4) is 0 Å². The summed E-state index contributed by atoms with van der Waals surface area (Å²) in [5.74, 6) is -0.589. The SMILES string of the molecule is N=C/C(=C\N)c1cccc(COC(N)=O)c1F. The van der Waals surface area contributed by atoms with Crippen molar-refractivity contribution in [3.63, 3.8) is 0 Å². The zero-order chi connectivity index (χ0) is 12.8. The summed E-state index contributed by atoms with van der Waals surface area (Å²) in [5, 5.41) is 7.09. The monoisotopic (exact) mass is 237 g/mol. The van der Waals surface area contributed by atoms with E-state index in [-0.39, 0.29) is 23.3 Å². The number of hydrogen-bond donors (Lipinski definition) is 3. The summed E-state index contributed by atoms with van der Waals surface area (Å²) >= 11 is 0. The first kappa shape index (κ1) is 12.7. The molecule has 6 heteroatoms. The summed E-state index contributed by atoms with van der Waals surface area (Å²) in [4.78, 5) is 10.4. The Hall–Kier alpha value is -2.37. The molecule has 0 saturated heterocycles. The van der Waals surface area contributed by atoms with Crippen LogP contribution >= 0.6 is 0 Å². The minimum atomic E-state index is -0.976. The molecule has 0 bridgehead atoms. The Balaban J connectivity index is 3.06. The van der Waals surface area contributed by atoms with Crippen molar-refractivity contribution in [2.75, 3.05) is 0 Å². The molecule has 0 heterocycles. The van der Waals surface area contributed by atoms with Gasteiger partial charge in [0, 0.05) is 29.1 Å². The van der Waals surface area contributed by atoms with Crippen LogP contribution in [0.2, 0.25) is 0 Å². The molecular formula is C11H12FN3O2. The summed E-state index contributed by atoms with van der Waals surface area (Å²) in [5.41, 5.74) is 10.6. The van der Waals surface area contributed by atoms with Gasteiger partial charge in [-0.3, -0.25) is 0 Å². The van der Waals surface area contributed by atoms with Crippen LogP contribution in [0.1, 0.15) is 11.1 Å². The van der Waals surface area contributed by atoms with Gasteiger partial charge in [0.05, 0.1) is 0 Å². The molecule has 0 saturated carbocycles. The molecule has 0 atom stereocenters. The molecule has 5 nitrogen and oxygen atoms in total. The van der Waals surface area contributed by atoms with Crippen molar-refractivity contribution in [2.45, 2.75) is 6.61 Å². The zero-order valence-electron chi connectivity index (χ0n) is 8.94. The molecule has 0 fully saturated rings. The molecule has 17 heavy (non-hydrogen) atoms. The number of halogens is 1. The third-order valence-corrected chi connectivity index (χ3v) is 2.09. The Morgan fingerprint density at radius 1 is 1.53 bits per heavy atom. The lowest BCUT2D eigenvalue weighted by atomic mass is 10.0. The molecule has 1 rings (SSSR count). The van der Waals surface area contributed by atoms with Crippen LogP contribution in [-0.4, -0.2) is 12.3 Å². The smallest absolute Gasteiger partial charge is 0.404 e. The number of nitrogens with one attached hydrogen (secondary N) is 1. The first-order chi connectivity index (χ1) is 8.10. The van der Waals surface area contributed by atoms with Gasteiger partial charge >= 0.3 is 6.09 Å². The maximum absolute atomic E-state index is 13.9. The molecule has 1 aromatic carbocycles. The van der Waals surface area contributed by atoms with Gasteiger partial charge in [0.1, 0.15) is 12.4 Å². The van der Waals surface area contributed by atoms with Crippen LogP contribution in [0.3, 0.4) is 0 Å². The quantitative estimate of drug-likeness (QED) is 0.689. The molecule has 0 aliphatic heterocycles. The highest BCUT2D eigenvalue weighted by molar-refractivity contribution is 6.08. The van der Waals surface area contributed by atoms with Crippen LogP contribution in [0.15, 0.2) is 24.4 Å². The van der Waals surface area contributed by atoms with E-state index in [0.717, 1.165) is 12.4 Å². The molecule has 1 aromatic rings. The Morgan fingerprint density at radius 2 is 2.24 bits per heavy atom. The second kappa shape index (κ2) is 5.64. The number of amides is 1. The number of primary amides is 1. The minimum absolute atomic E-state index is 0.169. The number of carbonyl (C=O) groups excluding carboxylic acids is 1. The summed E-state index contributed by atoms with van der Waals surface area (Å²) in [6.07, 6.45) is 1.10. The van der Waals surface area contributed by atoms with Crippen molar-refractivity contribution in [2.24, 2.45) is 11.5 Å². The highest BCUT2D eigenvalue weighted by Gasteiger charge is 2.11. The van der Waals surface area contributed by atoms with Crippen LogP contribution in [0.4, 0.5) is 9.18 Å². The summed E-state index contributed by atoms with van der Waals surface area (Å²) in [7, 11) is 0. The first-order valence-corrected chi connectivity index (χ1v) is 4.72. The molecule has 90 valence electrons. The van der Waals surface area contributed by atoms with Gasteiger partial charge in [0.25, 0.3) is 0 Å². The second-order valence-corrected chi connectivity index (χ2v) is 3.15. The third-order valence-electron chi connectivity index (χ3n) is 2.09. The number of allylic oxidation sites excluding steroid dienone is 1. The molecule has 0 spiro atoms. The van der Waals surface area contributed by atoms with E-state index >= 15 is 0 Å². The second-order valence-electron chi connectivity index (χ2n) is 3.15. The molecular weight excluding hydrogens is 225 g/mol. The number of benzene rings is 1. The summed E-state index contributed by atoms with van der Waals surface area (Å²) in [6.45, 7) is -0.259. The Bertz CT molecular complexity index is 472. The van der Waals surface area contributed by atoms with E-state index in [9.17, 15) is 9.18 Å². The van der Waals surface area contributed by atoms with Crippen molar-refractivity contribution in [1.82, 2.24) is 0 Å². The standard InChI is InChI=1S/C11H12FN3O2/c12-10-7(6-17-11(15)16)2-1-3-9(10)8(4-13)5-14/h1-5,13H,6,14H2,(H2,15,16)/b8-5+,13-4?. The van der Waals surface area contributed by atoms with E-state index in [2.05, 4.69) is 4.74 Å². The van der Waals surface area contributed by atoms with E-state index < -0.39 is 11.9 Å². The fraction of sp³-hybridized carbons (Fsp3) is 0.0909. The maximum atomic E-state index is 13.9. The lowest BCUT2D eigenvalue weighted by Crippen LogP contribution is -2.13. The van der Waals surface area contributed by atoms with E-state index in [1.165, 1.54) is 12.1 Å². The normalized spacial score (nSPS) is 11.0. The molecule has 0 radical (unpaired) electrons. The van der Waals surface area contributed by atoms with Gasteiger partial charge in [-0.25, -0.2) is 9.18 Å². The van der Waals surface area contributed by atoms with Gasteiger partial charge < -0.3 is 21.6 Å². The topological polar surface area (TPSA) is 102 Å². The van der Waals surface area contributed by atoms with Crippen LogP contribution in [0, 0.1) is 11.2 Å². The van der Waals surface area contributed by atoms with Gasteiger partial charge in [0.2, 0.25) is 0 Å². The summed E-state index contributed by atoms with van der Waals surface area (Å²) < 4.78 is 18.4. The van der Waals surface area contributed by atoms with Crippen molar-refractivity contribution >= 4 is 17.9 Å². The average molecular weight is 237 g/mol. The lowest BCUT2D eigenvalue weighted by Gasteiger charge is -2.08. The van der Waals surface area contributed by atoms with Gasteiger partial charge in [-0.05, 0) is 0 Å². The number of ether oxygens (including phenoxy) is 1. The molecule has 0 aliphatic rings. The molecule has 1 amide bonds. The van der Waals surface area contributed by atoms with Gasteiger partial charge in [-0.1, -0.05) is 18.2 Å². The molecule has 0 unspecified atom stereocenters. The van der Waals surface area contributed by atoms with E-state index in [1.807, 2.05) is 0 Å². The van der Waals surface area contributed by atoms with Crippen molar-refractivity contribution in [3.05, 3.63) is 41.3 Å². The summed E-state index contributed by atoms with van der Waals surface area (Å²) in [6, 6.07) is 4.51. The van der Waals surface area contributed by atoms with Crippen molar-refractivity contribution in [1.29, 1.82) is 5.41 Å². The fourth-order valence-corrected chi connectivity index (χ4v) is 1.28. The Kier molecular flexibility index (Phi) is 4.21. The van der Waals surface area contributed by atoms with E-state index in [1.54, 1.807) is 6.07 Å². The number of hydrogen-bond acceptors (Lipinski definition) is 4. The number of rotatable bonds is 4. The maximum Gasteiger partial charge on any atom is 0.404 e. The van der Waals surface area contributed by atoms with Crippen LogP contribution < -0.4 is 11.5 Å². The van der Waals surface area contributed by atoms with Gasteiger partial charge in [-0.15, -0.1) is 0 Å². The Morgan fingerprint density at radius 3 is 2.76 bits per heavy atom. The number of carbonyl (C=O) groups is 1. The fourth-order valence-electron chi connectivity index (χ4n) is 1.28. The van der Waals surface area contributed by atoms with Crippen LogP contribution in [0.25, 0.3) is 5.57 Å². The van der Waals surface area contributed by atoms with E-state index in [4.69, 9.17) is 16.9 Å². The van der Waals surface area contributed by atoms with Gasteiger partial charge in [0.15, 0.2) is 0 Å². The predicted molar refractivity (Wildman–Crippen MR) is 61.7 cm³/mol. The zero-order valence-corrected chi connectivity index (χ0v) is 8.94. The van der Waals surface area contributed by atoms with Crippen LogP contribution in [0.5, 0.6) is 0 Å². The molecule has 5 N–H and O–H groups in total. The average Bonchev–Trinajstić information content (AvgIpc) is 2.31. The minimum Gasteiger partial charge on any atom is -0.445 e. The predicted octanol–water partition coefficient (Wildman–Crippen LogP) is 1.37. The Labute approximate surface area is 97.4 Å². The van der Waals surface area contributed by atoms with Crippen molar-refractivity contribution < 1.29 is 13.9 Å². The highest BCUT2D eigenvalue weighted by atomic mass is 19.1. The molecule has 0 aliphatic carbocycles.